The van der Waals surface area contributed by atoms with Crippen LogP contribution in [-0.4, -0.2) is 26.8 Å². The number of hydrogen-bond acceptors (Lipinski definition) is 7. The van der Waals surface area contributed by atoms with Crippen molar-refractivity contribution in [3.05, 3.63) is 53.5 Å². The summed E-state index contributed by atoms with van der Waals surface area (Å²) < 4.78 is 5.72. The topological polar surface area (TPSA) is 80.9 Å². The van der Waals surface area contributed by atoms with Crippen LogP contribution in [0.1, 0.15) is 26.5 Å². The number of aromatic nitrogens is 3. The first-order chi connectivity index (χ1) is 13.9. The van der Waals surface area contributed by atoms with Gasteiger partial charge in [-0.05, 0) is 22.9 Å². The van der Waals surface area contributed by atoms with Crippen molar-refractivity contribution in [2.75, 3.05) is 11.1 Å². The molecule has 0 aliphatic heterocycles. The van der Waals surface area contributed by atoms with Gasteiger partial charge >= 0.3 is 0 Å². The van der Waals surface area contributed by atoms with Crippen LogP contribution in [-0.2, 0) is 10.2 Å². The van der Waals surface area contributed by atoms with Gasteiger partial charge in [0.25, 0.3) is 5.22 Å². The Kier molecular flexibility index (Phi) is 5.38. The van der Waals surface area contributed by atoms with Gasteiger partial charge in [-0.15, -0.1) is 21.5 Å². The maximum absolute atomic E-state index is 12.2. The summed E-state index contributed by atoms with van der Waals surface area (Å²) in [6.45, 7) is 6.27. The summed E-state index contributed by atoms with van der Waals surface area (Å²) in [5.41, 5.74) is 1.77. The molecule has 2 aromatic heterocycles. The number of nitrogens with zero attached hydrogens (tertiary/aromatic N) is 3. The predicted octanol–water partition coefficient (Wildman–Crippen LogP) is 5.37. The van der Waals surface area contributed by atoms with Crippen molar-refractivity contribution in [2.45, 2.75) is 31.4 Å². The summed E-state index contributed by atoms with van der Waals surface area (Å²) in [5, 5.41) is 16.2. The van der Waals surface area contributed by atoms with Crippen LogP contribution in [0.15, 0.2) is 57.5 Å². The molecule has 0 atom stereocenters. The van der Waals surface area contributed by atoms with Crippen molar-refractivity contribution in [1.82, 2.24) is 15.2 Å². The second-order valence-corrected chi connectivity index (χ2v) is 9.34. The summed E-state index contributed by atoms with van der Waals surface area (Å²) in [7, 11) is 0. The Morgan fingerprint density at radius 2 is 1.93 bits per heavy atom. The molecule has 6 nitrogen and oxygen atoms in total. The van der Waals surface area contributed by atoms with E-state index in [-0.39, 0.29) is 17.1 Å². The number of rotatable bonds is 5. The minimum absolute atomic E-state index is 0.0445. The van der Waals surface area contributed by atoms with Crippen molar-refractivity contribution in [3.63, 3.8) is 0 Å². The number of benzene rings is 2. The number of carbonyl (C=O) groups excluding carboxylic acids is 1. The number of hydrogen-bond donors (Lipinski definition) is 1. The van der Waals surface area contributed by atoms with E-state index in [1.165, 1.54) is 23.1 Å². The number of amides is 1. The highest BCUT2D eigenvalue weighted by molar-refractivity contribution is 7.99. The SMILES string of the molecule is CC(C)(C)c1csc(NC(=O)CSc2nnc(-c3ccc4ccccc4c3)o2)n1. The van der Waals surface area contributed by atoms with Crippen LogP contribution in [0.5, 0.6) is 0 Å². The lowest BCUT2D eigenvalue weighted by Crippen LogP contribution is -2.15. The molecule has 0 radical (unpaired) electrons. The molecule has 8 heteroatoms. The first-order valence-corrected chi connectivity index (χ1v) is 11.0. The fourth-order valence-corrected chi connectivity index (χ4v) is 4.18. The third kappa shape index (κ3) is 4.65. The maximum atomic E-state index is 12.2. The van der Waals surface area contributed by atoms with Crippen LogP contribution in [0, 0.1) is 0 Å². The molecule has 0 saturated heterocycles. The summed E-state index contributed by atoms with van der Waals surface area (Å²) in [6, 6.07) is 14.1. The van der Waals surface area contributed by atoms with Crippen molar-refractivity contribution in [2.24, 2.45) is 0 Å². The molecular formula is C21H20N4O2S2. The first-order valence-electron chi connectivity index (χ1n) is 9.10. The van der Waals surface area contributed by atoms with Crippen LogP contribution < -0.4 is 5.32 Å². The number of thiazole rings is 1. The van der Waals surface area contributed by atoms with E-state index in [9.17, 15) is 4.79 Å². The van der Waals surface area contributed by atoms with Gasteiger partial charge < -0.3 is 9.73 Å². The van der Waals surface area contributed by atoms with Crippen LogP contribution >= 0.6 is 23.1 Å². The van der Waals surface area contributed by atoms with E-state index >= 15 is 0 Å². The number of fused-ring (bicyclic) bond motifs is 1. The molecule has 29 heavy (non-hydrogen) atoms. The summed E-state index contributed by atoms with van der Waals surface area (Å²) >= 11 is 2.63. The fourth-order valence-electron chi connectivity index (χ4n) is 2.67. The van der Waals surface area contributed by atoms with Crippen LogP contribution in [0.3, 0.4) is 0 Å². The molecule has 1 amide bonds. The van der Waals surface area contributed by atoms with E-state index in [0.29, 0.717) is 16.2 Å². The third-order valence-corrected chi connectivity index (χ3v) is 5.82. The number of thioether (sulfide) groups is 1. The quantitative estimate of drug-likeness (QED) is 0.434. The van der Waals surface area contributed by atoms with E-state index in [4.69, 9.17) is 4.42 Å². The molecule has 148 valence electrons. The van der Waals surface area contributed by atoms with Gasteiger partial charge in [-0.1, -0.05) is 62.9 Å². The molecule has 4 aromatic rings. The van der Waals surface area contributed by atoms with E-state index in [1.54, 1.807) is 0 Å². The summed E-state index contributed by atoms with van der Waals surface area (Å²) in [4.78, 5) is 16.7. The van der Waals surface area contributed by atoms with Gasteiger partial charge in [-0.3, -0.25) is 4.79 Å². The minimum Gasteiger partial charge on any atom is -0.411 e. The van der Waals surface area contributed by atoms with Crippen molar-refractivity contribution in [1.29, 1.82) is 0 Å². The van der Waals surface area contributed by atoms with Gasteiger partial charge in [0.05, 0.1) is 11.4 Å². The van der Waals surface area contributed by atoms with Crippen molar-refractivity contribution in [3.8, 4) is 11.5 Å². The molecule has 0 fully saturated rings. The van der Waals surface area contributed by atoms with E-state index in [0.717, 1.165) is 22.0 Å². The van der Waals surface area contributed by atoms with Gasteiger partial charge in [0.15, 0.2) is 5.13 Å². The fraction of sp³-hybridized carbons (Fsp3) is 0.238. The molecular weight excluding hydrogens is 404 g/mol. The Bertz CT molecular complexity index is 1160. The first kappa shape index (κ1) is 19.6. The van der Waals surface area contributed by atoms with Crippen LogP contribution in [0.2, 0.25) is 0 Å². The minimum atomic E-state index is -0.157. The Labute approximate surface area is 176 Å². The molecule has 0 spiro atoms. The highest BCUT2D eigenvalue weighted by atomic mass is 32.2. The Morgan fingerprint density at radius 3 is 2.69 bits per heavy atom. The number of carbonyl (C=O) groups is 1. The molecule has 0 aliphatic rings. The lowest BCUT2D eigenvalue weighted by atomic mass is 9.93. The zero-order chi connectivity index (χ0) is 20.4. The molecule has 0 bridgehead atoms. The summed E-state index contributed by atoms with van der Waals surface area (Å²) in [6.07, 6.45) is 0. The van der Waals surface area contributed by atoms with Crippen LogP contribution in [0.4, 0.5) is 5.13 Å². The van der Waals surface area contributed by atoms with Gasteiger partial charge in [0, 0.05) is 16.4 Å². The number of anilines is 1. The molecule has 1 N–H and O–H groups in total. The van der Waals surface area contributed by atoms with E-state index < -0.39 is 0 Å². The van der Waals surface area contributed by atoms with Gasteiger partial charge in [0.2, 0.25) is 11.8 Å². The highest BCUT2D eigenvalue weighted by Gasteiger charge is 2.18. The zero-order valence-electron chi connectivity index (χ0n) is 16.3. The lowest BCUT2D eigenvalue weighted by molar-refractivity contribution is -0.113. The molecule has 0 saturated carbocycles. The van der Waals surface area contributed by atoms with Gasteiger partial charge in [-0.25, -0.2) is 4.98 Å². The van der Waals surface area contributed by atoms with Gasteiger partial charge in [0.1, 0.15) is 0 Å². The molecule has 2 aromatic carbocycles. The Morgan fingerprint density at radius 1 is 1.14 bits per heavy atom. The molecule has 4 rings (SSSR count). The van der Waals surface area contributed by atoms with Crippen molar-refractivity contribution >= 4 is 44.9 Å². The number of nitrogens with one attached hydrogen (secondary N) is 1. The summed E-state index contributed by atoms with van der Waals surface area (Å²) in [5.74, 6) is 0.452. The normalized spacial score (nSPS) is 11.7. The van der Waals surface area contributed by atoms with Crippen molar-refractivity contribution < 1.29 is 9.21 Å². The molecule has 2 heterocycles. The largest absolute Gasteiger partial charge is 0.411 e. The third-order valence-electron chi connectivity index (χ3n) is 4.25. The lowest BCUT2D eigenvalue weighted by Gasteiger charge is -2.14. The second-order valence-electron chi connectivity index (χ2n) is 7.56. The highest BCUT2D eigenvalue weighted by Crippen LogP contribution is 2.28. The predicted molar refractivity (Wildman–Crippen MR) is 117 cm³/mol. The second kappa shape index (κ2) is 7.96. The van der Waals surface area contributed by atoms with E-state index in [2.05, 4.69) is 47.3 Å². The molecule has 0 aliphatic carbocycles. The maximum Gasteiger partial charge on any atom is 0.277 e. The smallest absolute Gasteiger partial charge is 0.277 e. The standard InChI is InChI=1S/C21H20N4O2S2/c1-21(2,3)16-11-28-19(22-16)23-17(26)12-29-20-25-24-18(27-20)15-9-8-13-6-4-5-7-14(13)10-15/h4-11H,12H2,1-3H3,(H,22,23,26). The van der Waals surface area contributed by atoms with E-state index in [1.807, 2.05) is 41.8 Å². The zero-order valence-corrected chi connectivity index (χ0v) is 17.9. The Balaban J connectivity index is 1.37. The Hall–Kier alpha value is -2.71. The average Bonchev–Trinajstić information content (AvgIpc) is 3.35. The van der Waals surface area contributed by atoms with Crippen LogP contribution in [0.25, 0.3) is 22.2 Å². The monoisotopic (exact) mass is 424 g/mol. The average molecular weight is 425 g/mol. The molecule has 0 unspecified atom stereocenters. The van der Waals surface area contributed by atoms with Gasteiger partial charge in [-0.2, -0.15) is 0 Å².